The van der Waals surface area contributed by atoms with Crippen LogP contribution in [0.15, 0.2) is 30.7 Å². The zero-order valence-electron chi connectivity index (χ0n) is 14.6. The van der Waals surface area contributed by atoms with E-state index in [4.69, 9.17) is 0 Å². The Kier molecular flexibility index (Phi) is 4.94. The van der Waals surface area contributed by atoms with E-state index >= 15 is 0 Å². The van der Waals surface area contributed by atoms with Crippen LogP contribution >= 0.6 is 0 Å². The Balaban J connectivity index is 1.84. The summed E-state index contributed by atoms with van der Waals surface area (Å²) in [6.45, 7) is 9.88. The minimum atomic E-state index is 0.00541. The fourth-order valence-corrected chi connectivity index (χ4v) is 3.17. The number of aromatic nitrogens is 3. The summed E-state index contributed by atoms with van der Waals surface area (Å²) >= 11 is 0. The molecule has 0 N–H and O–H groups in total. The highest BCUT2D eigenvalue weighted by Crippen LogP contribution is 2.19. The van der Waals surface area contributed by atoms with Crippen molar-refractivity contribution in [2.75, 3.05) is 19.6 Å². The topological polar surface area (TPSA) is 53.7 Å². The number of rotatable bonds is 6. The van der Waals surface area contributed by atoms with Crippen molar-refractivity contribution < 1.29 is 4.79 Å². The van der Waals surface area contributed by atoms with Crippen molar-refractivity contribution in [2.45, 2.75) is 39.8 Å². The van der Waals surface area contributed by atoms with E-state index in [1.165, 1.54) is 0 Å². The van der Waals surface area contributed by atoms with Gasteiger partial charge >= 0.3 is 0 Å². The van der Waals surface area contributed by atoms with Gasteiger partial charge in [0, 0.05) is 31.0 Å². The lowest BCUT2D eigenvalue weighted by molar-refractivity contribution is 0.0749. The average molecular weight is 327 g/mol. The normalized spacial score (nSPS) is 17.3. The van der Waals surface area contributed by atoms with Crippen LogP contribution < -0.4 is 0 Å². The second kappa shape index (κ2) is 7.13. The maximum atomic E-state index is 12.8. The van der Waals surface area contributed by atoms with Crippen LogP contribution in [0.1, 0.15) is 43.1 Å². The highest BCUT2D eigenvalue weighted by Gasteiger charge is 2.27. The van der Waals surface area contributed by atoms with Crippen LogP contribution in [0.2, 0.25) is 0 Å². The minimum Gasteiger partial charge on any atom is -0.328 e. The first-order chi connectivity index (χ1) is 11.7. The fraction of sp³-hybridized carbons (Fsp3) is 0.500. The molecule has 0 saturated carbocycles. The molecule has 2 aromatic heterocycles. The lowest BCUT2D eigenvalue weighted by Gasteiger charge is -2.23. The lowest BCUT2D eigenvalue weighted by Crippen LogP contribution is -2.35. The predicted molar refractivity (Wildman–Crippen MR) is 93.9 cm³/mol. The van der Waals surface area contributed by atoms with Crippen LogP contribution in [0.5, 0.6) is 0 Å². The molecule has 3 rings (SSSR count). The number of nitrogens with zero attached hydrogens (tertiary/aromatic N) is 5. The Hall–Kier alpha value is -2.21. The van der Waals surface area contributed by atoms with Gasteiger partial charge in [-0.25, -0.2) is 9.50 Å². The Morgan fingerprint density at radius 2 is 2.08 bits per heavy atom. The molecule has 0 saturated heterocycles. The summed E-state index contributed by atoms with van der Waals surface area (Å²) in [4.78, 5) is 21.5. The van der Waals surface area contributed by atoms with Crippen molar-refractivity contribution in [1.29, 1.82) is 0 Å². The molecule has 0 aromatic carbocycles. The van der Waals surface area contributed by atoms with E-state index in [0.717, 1.165) is 31.6 Å². The smallest absolute Gasteiger partial charge is 0.260 e. The molecule has 1 aliphatic rings. The first kappa shape index (κ1) is 16.6. The van der Waals surface area contributed by atoms with Gasteiger partial charge in [0.1, 0.15) is 5.56 Å². The predicted octanol–water partition coefficient (Wildman–Crippen LogP) is 2.36. The number of fused-ring (bicyclic) bond motifs is 1. The van der Waals surface area contributed by atoms with E-state index in [1.54, 1.807) is 10.7 Å². The molecule has 0 fully saturated rings. The summed E-state index contributed by atoms with van der Waals surface area (Å²) in [5.41, 5.74) is 2.30. The van der Waals surface area contributed by atoms with Crippen LogP contribution in [0.4, 0.5) is 0 Å². The van der Waals surface area contributed by atoms with Gasteiger partial charge in [-0.1, -0.05) is 32.9 Å². The molecule has 0 radical (unpaired) electrons. The van der Waals surface area contributed by atoms with Gasteiger partial charge in [0.2, 0.25) is 0 Å². The third-order valence-electron chi connectivity index (χ3n) is 4.68. The van der Waals surface area contributed by atoms with Crippen LogP contribution in [-0.4, -0.2) is 56.0 Å². The zero-order valence-corrected chi connectivity index (χ0v) is 14.6. The number of carbonyl (C=O) groups excluding carboxylic acids is 1. The van der Waals surface area contributed by atoms with E-state index in [0.29, 0.717) is 17.8 Å². The quantitative estimate of drug-likeness (QED) is 0.764. The molecule has 128 valence electrons. The zero-order chi connectivity index (χ0) is 17.1. The SMILES string of the molecule is CC[C@H]1C=CCN1C(=O)c1cnn2cc(CN(CC)CC)cnc12. The molecule has 0 spiro atoms. The Morgan fingerprint density at radius 1 is 1.29 bits per heavy atom. The van der Waals surface area contributed by atoms with Crippen molar-refractivity contribution >= 4 is 11.6 Å². The van der Waals surface area contributed by atoms with Gasteiger partial charge in [-0.05, 0) is 19.5 Å². The summed E-state index contributed by atoms with van der Waals surface area (Å²) in [6, 6.07) is 0.175. The Morgan fingerprint density at radius 3 is 2.79 bits per heavy atom. The highest BCUT2D eigenvalue weighted by molar-refractivity contribution is 6.00. The van der Waals surface area contributed by atoms with Gasteiger partial charge in [0.15, 0.2) is 5.65 Å². The molecule has 0 unspecified atom stereocenters. The molecule has 1 aliphatic heterocycles. The van der Waals surface area contributed by atoms with E-state index in [-0.39, 0.29) is 11.9 Å². The van der Waals surface area contributed by atoms with Crippen molar-refractivity contribution in [3.63, 3.8) is 0 Å². The maximum Gasteiger partial charge on any atom is 0.260 e. The van der Waals surface area contributed by atoms with Crippen LogP contribution in [0.25, 0.3) is 5.65 Å². The summed E-state index contributed by atoms with van der Waals surface area (Å²) in [5, 5.41) is 4.35. The molecular formula is C18H25N5O. The highest BCUT2D eigenvalue weighted by atomic mass is 16.2. The van der Waals surface area contributed by atoms with Crippen LogP contribution in [0, 0.1) is 0 Å². The van der Waals surface area contributed by atoms with Gasteiger partial charge in [0.05, 0.1) is 12.2 Å². The largest absolute Gasteiger partial charge is 0.328 e. The second-order valence-electron chi connectivity index (χ2n) is 6.11. The van der Waals surface area contributed by atoms with E-state index in [2.05, 4.69) is 41.8 Å². The van der Waals surface area contributed by atoms with Gasteiger partial charge in [-0.3, -0.25) is 9.69 Å². The number of carbonyl (C=O) groups is 1. The summed E-state index contributed by atoms with van der Waals surface area (Å²) < 4.78 is 1.72. The first-order valence-corrected chi connectivity index (χ1v) is 8.70. The van der Waals surface area contributed by atoms with Crippen molar-refractivity contribution in [3.05, 3.63) is 41.9 Å². The Bertz CT molecular complexity index is 747. The molecule has 3 heterocycles. The van der Waals surface area contributed by atoms with Crippen LogP contribution in [-0.2, 0) is 6.54 Å². The van der Waals surface area contributed by atoms with E-state index < -0.39 is 0 Å². The maximum absolute atomic E-state index is 12.8. The van der Waals surface area contributed by atoms with E-state index in [1.807, 2.05) is 23.4 Å². The fourth-order valence-electron chi connectivity index (χ4n) is 3.17. The molecule has 6 nitrogen and oxygen atoms in total. The third kappa shape index (κ3) is 3.06. The molecule has 0 bridgehead atoms. The van der Waals surface area contributed by atoms with E-state index in [9.17, 15) is 4.79 Å². The average Bonchev–Trinajstić information content (AvgIpc) is 3.25. The lowest BCUT2D eigenvalue weighted by atomic mass is 10.2. The molecule has 6 heteroatoms. The number of hydrogen-bond acceptors (Lipinski definition) is 4. The molecule has 1 atom stereocenters. The number of amides is 1. The third-order valence-corrected chi connectivity index (χ3v) is 4.68. The minimum absolute atomic E-state index is 0.00541. The standard InChI is InChI=1S/C18H25N5O/c1-4-15-8-7-9-22(15)18(24)16-11-20-23-13-14(10-19-17(16)23)12-21(5-2)6-3/h7-8,10-11,13,15H,4-6,9,12H2,1-3H3/t15-/m0/s1. The summed E-state index contributed by atoms with van der Waals surface area (Å²) in [6.07, 6.45) is 10.5. The van der Waals surface area contributed by atoms with Gasteiger partial charge in [-0.2, -0.15) is 5.10 Å². The Labute approximate surface area is 142 Å². The molecular weight excluding hydrogens is 302 g/mol. The number of hydrogen-bond donors (Lipinski definition) is 0. The summed E-state index contributed by atoms with van der Waals surface area (Å²) in [7, 11) is 0. The monoisotopic (exact) mass is 327 g/mol. The van der Waals surface area contributed by atoms with Gasteiger partial charge in [-0.15, -0.1) is 0 Å². The van der Waals surface area contributed by atoms with Crippen molar-refractivity contribution in [3.8, 4) is 0 Å². The van der Waals surface area contributed by atoms with Crippen molar-refractivity contribution in [1.82, 2.24) is 24.4 Å². The second-order valence-corrected chi connectivity index (χ2v) is 6.11. The van der Waals surface area contributed by atoms with Gasteiger partial charge in [0.25, 0.3) is 5.91 Å². The molecule has 24 heavy (non-hydrogen) atoms. The summed E-state index contributed by atoms with van der Waals surface area (Å²) in [5.74, 6) is 0.00541. The van der Waals surface area contributed by atoms with Gasteiger partial charge < -0.3 is 4.90 Å². The van der Waals surface area contributed by atoms with Crippen LogP contribution in [0.3, 0.4) is 0 Å². The molecule has 2 aromatic rings. The molecule has 1 amide bonds. The van der Waals surface area contributed by atoms with Crippen molar-refractivity contribution in [2.24, 2.45) is 0 Å². The molecule has 0 aliphatic carbocycles. The first-order valence-electron chi connectivity index (χ1n) is 8.70.